The van der Waals surface area contributed by atoms with Crippen LogP contribution in [0.3, 0.4) is 0 Å². The predicted molar refractivity (Wildman–Crippen MR) is 50.0 cm³/mol. The third kappa shape index (κ3) is 1.89. The van der Waals surface area contributed by atoms with E-state index in [-0.39, 0.29) is 10.8 Å². The Hall–Kier alpha value is -1.29. The van der Waals surface area contributed by atoms with Crippen LogP contribution in [0, 0.1) is 0 Å². The van der Waals surface area contributed by atoms with E-state index in [9.17, 15) is 4.79 Å². The monoisotopic (exact) mass is 200 g/mol. The number of carboxylic acid groups (broad SMARTS) is 1. The van der Waals surface area contributed by atoms with E-state index < -0.39 is 5.97 Å². The van der Waals surface area contributed by atoms with Crippen molar-refractivity contribution in [3.05, 3.63) is 22.5 Å². The van der Waals surface area contributed by atoms with Crippen LogP contribution in [0.1, 0.15) is 23.0 Å². The molecular weight excluding hydrogens is 192 g/mol. The molecule has 1 aromatic rings. The minimum Gasteiger partial charge on any atom is -0.477 e. The molecule has 0 atom stereocenters. The number of nitrogen functional groups attached to an aromatic ring is 1. The molecule has 0 aliphatic rings. The SMILES string of the molecule is CCc1cc(N)c(Cl)nc1C(=O)O. The third-order valence-electron chi connectivity index (χ3n) is 1.67. The van der Waals surface area contributed by atoms with Crippen molar-refractivity contribution in [3.63, 3.8) is 0 Å². The molecule has 1 aromatic heterocycles. The largest absolute Gasteiger partial charge is 0.477 e. The van der Waals surface area contributed by atoms with Crippen LogP contribution in [0.4, 0.5) is 5.69 Å². The zero-order valence-corrected chi connectivity index (χ0v) is 7.80. The minimum absolute atomic E-state index is 0.0262. The summed E-state index contributed by atoms with van der Waals surface area (Å²) in [6, 6.07) is 1.54. The van der Waals surface area contributed by atoms with E-state index >= 15 is 0 Å². The van der Waals surface area contributed by atoms with E-state index in [0.29, 0.717) is 17.7 Å². The lowest BCUT2D eigenvalue weighted by atomic mass is 10.1. The summed E-state index contributed by atoms with van der Waals surface area (Å²) in [5, 5.41) is 8.79. The van der Waals surface area contributed by atoms with Crippen LogP contribution in [0.15, 0.2) is 6.07 Å². The Morgan fingerprint density at radius 2 is 2.38 bits per heavy atom. The van der Waals surface area contributed by atoms with Gasteiger partial charge in [0.25, 0.3) is 0 Å². The molecule has 0 saturated carbocycles. The van der Waals surface area contributed by atoms with E-state index in [2.05, 4.69) is 4.98 Å². The van der Waals surface area contributed by atoms with Gasteiger partial charge >= 0.3 is 5.97 Å². The topological polar surface area (TPSA) is 76.2 Å². The number of pyridine rings is 1. The summed E-state index contributed by atoms with van der Waals surface area (Å²) in [4.78, 5) is 14.4. The number of rotatable bonds is 2. The van der Waals surface area contributed by atoms with E-state index in [4.69, 9.17) is 22.4 Å². The Kier molecular flexibility index (Phi) is 2.72. The van der Waals surface area contributed by atoms with Crippen LogP contribution in [-0.4, -0.2) is 16.1 Å². The maximum absolute atomic E-state index is 10.7. The zero-order valence-electron chi connectivity index (χ0n) is 7.04. The van der Waals surface area contributed by atoms with Crippen molar-refractivity contribution in [1.29, 1.82) is 0 Å². The number of aryl methyl sites for hydroxylation is 1. The van der Waals surface area contributed by atoms with Crippen LogP contribution < -0.4 is 5.73 Å². The molecule has 0 radical (unpaired) electrons. The van der Waals surface area contributed by atoms with Crippen molar-refractivity contribution in [2.45, 2.75) is 13.3 Å². The van der Waals surface area contributed by atoms with Gasteiger partial charge in [0.1, 0.15) is 0 Å². The fraction of sp³-hybridized carbons (Fsp3) is 0.250. The van der Waals surface area contributed by atoms with Crippen molar-refractivity contribution in [2.75, 3.05) is 5.73 Å². The summed E-state index contributed by atoms with van der Waals surface area (Å²) < 4.78 is 0. The molecule has 0 unspecified atom stereocenters. The lowest BCUT2D eigenvalue weighted by Gasteiger charge is -2.04. The Balaban J connectivity index is 3.33. The molecule has 0 saturated heterocycles. The molecule has 1 rings (SSSR count). The average molecular weight is 201 g/mol. The summed E-state index contributed by atoms with van der Waals surface area (Å²) >= 11 is 5.59. The molecule has 0 bridgehead atoms. The molecule has 0 aromatic carbocycles. The van der Waals surface area contributed by atoms with Crippen molar-refractivity contribution < 1.29 is 9.90 Å². The standard InChI is InChI=1S/C8H9ClN2O2/c1-2-4-3-5(10)7(9)11-6(4)8(12)13/h3H,2,10H2,1H3,(H,12,13). The number of carbonyl (C=O) groups is 1. The first-order chi connectivity index (χ1) is 6.06. The molecule has 13 heavy (non-hydrogen) atoms. The quantitative estimate of drug-likeness (QED) is 0.711. The second-order valence-electron chi connectivity index (χ2n) is 2.53. The van der Waals surface area contributed by atoms with Crippen LogP contribution >= 0.6 is 11.6 Å². The van der Waals surface area contributed by atoms with Gasteiger partial charge in [-0.25, -0.2) is 9.78 Å². The van der Waals surface area contributed by atoms with E-state index in [1.807, 2.05) is 6.92 Å². The van der Waals surface area contributed by atoms with Crippen molar-refractivity contribution in [1.82, 2.24) is 4.98 Å². The highest BCUT2D eigenvalue weighted by molar-refractivity contribution is 6.32. The average Bonchev–Trinajstić information content (AvgIpc) is 2.08. The molecule has 0 fully saturated rings. The maximum atomic E-state index is 10.7. The Bertz CT molecular complexity index is 352. The highest BCUT2D eigenvalue weighted by Crippen LogP contribution is 2.20. The first kappa shape index (κ1) is 9.80. The number of anilines is 1. The Morgan fingerprint density at radius 3 is 2.85 bits per heavy atom. The van der Waals surface area contributed by atoms with Crippen LogP contribution in [0.25, 0.3) is 0 Å². The second-order valence-corrected chi connectivity index (χ2v) is 2.89. The maximum Gasteiger partial charge on any atom is 0.354 e. The first-order valence-corrected chi connectivity index (χ1v) is 4.12. The van der Waals surface area contributed by atoms with Crippen molar-refractivity contribution >= 4 is 23.3 Å². The summed E-state index contributed by atoms with van der Waals surface area (Å²) in [6.45, 7) is 1.83. The number of hydrogen-bond donors (Lipinski definition) is 2. The normalized spacial score (nSPS) is 10.0. The fourth-order valence-corrected chi connectivity index (χ4v) is 1.14. The fourth-order valence-electron chi connectivity index (χ4n) is 1.00. The molecule has 5 heteroatoms. The van der Waals surface area contributed by atoms with E-state index in [1.54, 1.807) is 6.07 Å². The van der Waals surface area contributed by atoms with Crippen LogP contribution in [0.2, 0.25) is 5.15 Å². The molecule has 0 aliphatic heterocycles. The molecule has 3 N–H and O–H groups in total. The number of aromatic nitrogens is 1. The lowest BCUT2D eigenvalue weighted by Crippen LogP contribution is -2.07. The third-order valence-corrected chi connectivity index (χ3v) is 1.97. The number of carboxylic acids is 1. The molecule has 70 valence electrons. The smallest absolute Gasteiger partial charge is 0.354 e. The lowest BCUT2D eigenvalue weighted by molar-refractivity contribution is 0.0689. The van der Waals surface area contributed by atoms with Crippen molar-refractivity contribution in [2.24, 2.45) is 0 Å². The summed E-state index contributed by atoms with van der Waals surface area (Å²) in [5.41, 5.74) is 6.35. The summed E-state index contributed by atoms with van der Waals surface area (Å²) in [5.74, 6) is -1.08. The molecule has 1 heterocycles. The van der Waals surface area contributed by atoms with Gasteiger partial charge in [-0.3, -0.25) is 0 Å². The van der Waals surface area contributed by atoms with Gasteiger partial charge in [0.2, 0.25) is 0 Å². The molecule has 0 spiro atoms. The molecule has 0 aliphatic carbocycles. The minimum atomic E-state index is -1.08. The van der Waals surface area contributed by atoms with Crippen LogP contribution in [-0.2, 0) is 6.42 Å². The number of halogens is 1. The van der Waals surface area contributed by atoms with E-state index in [0.717, 1.165) is 0 Å². The van der Waals surface area contributed by atoms with Gasteiger partial charge in [-0.05, 0) is 18.1 Å². The Labute approximate surface area is 80.3 Å². The van der Waals surface area contributed by atoms with Gasteiger partial charge in [-0.15, -0.1) is 0 Å². The summed E-state index contributed by atoms with van der Waals surface area (Å²) in [7, 11) is 0. The number of nitrogens with two attached hydrogens (primary N) is 1. The van der Waals surface area contributed by atoms with Gasteiger partial charge in [-0.1, -0.05) is 18.5 Å². The van der Waals surface area contributed by atoms with Crippen LogP contribution in [0.5, 0.6) is 0 Å². The molecule has 4 nitrogen and oxygen atoms in total. The zero-order chi connectivity index (χ0) is 10.0. The van der Waals surface area contributed by atoms with Crippen molar-refractivity contribution in [3.8, 4) is 0 Å². The molecular formula is C8H9ClN2O2. The molecule has 0 amide bonds. The van der Waals surface area contributed by atoms with Gasteiger partial charge in [-0.2, -0.15) is 0 Å². The number of nitrogens with zero attached hydrogens (tertiary/aromatic N) is 1. The highest BCUT2D eigenvalue weighted by atomic mass is 35.5. The van der Waals surface area contributed by atoms with Gasteiger partial charge < -0.3 is 10.8 Å². The second kappa shape index (κ2) is 3.62. The number of aromatic carboxylic acids is 1. The highest BCUT2D eigenvalue weighted by Gasteiger charge is 2.13. The van der Waals surface area contributed by atoms with E-state index in [1.165, 1.54) is 0 Å². The van der Waals surface area contributed by atoms with Gasteiger partial charge in [0.15, 0.2) is 10.8 Å². The Morgan fingerprint density at radius 1 is 1.77 bits per heavy atom. The summed E-state index contributed by atoms with van der Waals surface area (Å²) in [6.07, 6.45) is 0.565. The van der Waals surface area contributed by atoms with Gasteiger partial charge in [0, 0.05) is 0 Å². The number of hydrogen-bond acceptors (Lipinski definition) is 3. The van der Waals surface area contributed by atoms with Gasteiger partial charge in [0.05, 0.1) is 5.69 Å². The predicted octanol–water partition coefficient (Wildman–Crippen LogP) is 1.58. The first-order valence-electron chi connectivity index (χ1n) is 3.74.